The number of halogens is 1. The second kappa shape index (κ2) is 7.68. The summed E-state index contributed by atoms with van der Waals surface area (Å²) < 4.78 is 12.1. The second-order valence-electron chi connectivity index (χ2n) is 5.43. The number of nitrogens with zero attached hydrogens (tertiary/aromatic N) is 6. The first-order valence-corrected chi connectivity index (χ1v) is 9.06. The molecule has 0 spiro atoms. The van der Waals surface area contributed by atoms with Crippen molar-refractivity contribution in [2.75, 3.05) is 11.8 Å². The van der Waals surface area contributed by atoms with Gasteiger partial charge >= 0.3 is 0 Å². The summed E-state index contributed by atoms with van der Waals surface area (Å²) in [5.41, 5.74) is 2.51. The van der Waals surface area contributed by atoms with E-state index in [4.69, 9.17) is 16.3 Å². The molecule has 0 fully saturated rings. The number of hydrogen-bond acceptors (Lipinski definition) is 7. The van der Waals surface area contributed by atoms with Crippen LogP contribution >= 0.6 is 23.5 Å². The first-order chi connectivity index (χ1) is 13.2. The van der Waals surface area contributed by atoms with Crippen LogP contribution in [0.15, 0.2) is 66.3 Å². The molecular formula is C17H14ClN7OS. The SMILES string of the molecule is COc1ccc(SNc2ccc(-n3ccnc3)c(Cl)c2)cc1-n1cnnn1. The van der Waals surface area contributed by atoms with Gasteiger partial charge in [0.15, 0.2) is 0 Å². The molecule has 4 aromatic rings. The first kappa shape index (κ1) is 17.4. The minimum absolute atomic E-state index is 0.628. The Kier molecular flexibility index (Phi) is 4.95. The van der Waals surface area contributed by atoms with Gasteiger partial charge < -0.3 is 14.0 Å². The van der Waals surface area contributed by atoms with Crippen LogP contribution in [0, 0.1) is 0 Å². The molecule has 0 aliphatic rings. The van der Waals surface area contributed by atoms with Crippen molar-refractivity contribution in [3.63, 3.8) is 0 Å². The molecule has 10 heteroatoms. The van der Waals surface area contributed by atoms with Gasteiger partial charge in [-0.1, -0.05) is 11.6 Å². The molecule has 0 atom stereocenters. The number of methoxy groups -OCH3 is 1. The van der Waals surface area contributed by atoms with Gasteiger partial charge in [-0.05, 0) is 58.8 Å². The summed E-state index contributed by atoms with van der Waals surface area (Å²) in [7, 11) is 1.61. The zero-order valence-corrected chi connectivity index (χ0v) is 15.7. The molecule has 0 unspecified atom stereocenters. The lowest BCUT2D eigenvalue weighted by atomic mass is 10.3. The summed E-state index contributed by atoms with van der Waals surface area (Å²) in [4.78, 5) is 5.01. The number of hydrogen-bond donors (Lipinski definition) is 1. The Bertz CT molecular complexity index is 1040. The van der Waals surface area contributed by atoms with Crippen LogP contribution in [-0.4, -0.2) is 36.9 Å². The standard InChI is InChI=1S/C17H14ClN7OS/c1-26-17-5-3-13(9-16(17)25-11-20-22-23-25)27-21-12-2-4-15(14(18)8-12)24-7-6-19-10-24/h2-11,21H,1H3. The van der Waals surface area contributed by atoms with E-state index in [-0.39, 0.29) is 0 Å². The van der Waals surface area contributed by atoms with E-state index in [0.29, 0.717) is 10.8 Å². The van der Waals surface area contributed by atoms with Crippen LogP contribution in [0.3, 0.4) is 0 Å². The summed E-state index contributed by atoms with van der Waals surface area (Å²) in [6, 6.07) is 11.5. The van der Waals surface area contributed by atoms with Crippen molar-refractivity contribution < 1.29 is 4.74 Å². The van der Waals surface area contributed by atoms with Gasteiger partial charge in [0.2, 0.25) is 0 Å². The first-order valence-electron chi connectivity index (χ1n) is 7.87. The Hall–Kier alpha value is -3.04. The molecule has 27 heavy (non-hydrogen) atoms. The molecule has 0 bridgehead atoms. The van der Waals surface area contributed by atoms with Gasteiger partial charge in [0, 0.05) is 23.0 Å². The van der Waals surface area contributed by atoms with E-state index in [1.54, 1.807) is 24.3 Å². The van der Waals surface area contributed by atoms with Crippen LogP contribution in [0.1, 0.15) is 0 Å². The molecule has 2 heterocycles. The van der Waals surface area contributed by atoms with Crippen molar-refractivity contribution in [3.8, 4) is 17.1 Å². The Labute approximate surface area is 164 Å². The lowest BCUT2D eigenvalue weighted by Crippen LogP contribution is -1.99. The van der Waals surface area contributed by atoms with Gasteiger partial charge in [-0.25, -0.2) is 4.98 Å². The van der Waals surface area contributed by atoms with Crippen molar-refractivity contribution in [1.29, 1.82) is 0 Å². The molecule has 2 aromatic heterocycles. The summed E-state index contributed by atoms with van der Waals surface area (Å²) >= 11 is 7.85. The van der Waals surface area contributed by atoms with E-state index in [0.717, 1.165) is 22.0 Å². The van der Waals surface area contributed by atoms with Crippen molar-refractivity contribution in [1.82, 2.24) is 29.8 Å². The van der Waals surface area contributed by atoms with E-state index < -0.39 is 0 Å². The number of nitrogens with one attached hydrogen (secondary N) is 1. The highest BCUT2D eigenvalue weighted by atomic mass is 35.5. The highest BCUT2D eigenvalue weighted by Gasteiger charge is 2.09. The van der Waals surface area contributed by atoms with Crippen molar-refractivity contribution in [2.45, 2.75) is 4.90 Å². The molecule has 0 saturated heterocycles. The Morgan fingerprint density at radius 1 is 1.11 bits per heavy atom. The zero-order valence-electron chi connectivity index (χ0n) is 14.2. The third kappa shape index (κ3) is 3.74. The van der Waals surface area contributed by atoms with E-state index in [9.17, 15) is 0 Å². The molecule has 0 radical (unpaired) electrons. The molecule has 8 nitrogen and oxygen atoms in total. The van der Waals surface area contributed by atoms with Crippen LogP contribution in [0.2, 0.25) is 5.02 Å². The molecule has 136 valence electrons. The maximum atomic E-state index is 6.40. The number of benzene rings is 2. The highest BCUT2D eigenvalue weighted by Crippen LogP contribution is 2.31. The topological polar surface area (TPSA) is 82.7 Å². The Morgan fingerprint density at radius 2 is 2.04 bits per heavy atom. The molecule has 0 aliphatic heterocycles. The predicted octanol–water partition coefficient (Wildman–Crippen LogP) is 3.63. The Morgan fingerprint density at radius 3 is 2.74 bits per heavy atom. The van der Waals surface area contributed by atoms with Gasteiger partial charge in [-0.3, -0.25) is 0 Å². The maximum Gasteiger partial charge on any atom is 0.144 e. The molecule has 0 saturated carbocycles. The summed E-state index contributed by atoms with van der Waals surface area (Å²) in [5, 5.41) is 11.9. The zero-order chi connectivity index (χ0) is 18.6. The lowest BCUT2D eigenvalue weighted by Gasteiger charge is -2.11. The number of anilines is 1. The summed E-state index contributed by atoms with van der Waals surface area (Å²) in [6.07, 6.45) is 6.79. The fourth-order valence-electron chi connectivity index (χ4n) is 2.48. The monoisotopic (exact) mass is 399 g/mol. The third-order valence-corrected chi connectivity index (χ3v) is 4.89. The van der Waals surface area contributed by atoms with Gasteiger partial charge in [-0.2, -0.15) is 4.68 Å². The van der Waals surface area contributed by atoms with Crippen molar-refractivity contribution >= 4 is 29.2 Å². The number of ether oxygens (including phenoxy) is 1. The largest absolute Gasteiger partial charge is 0.494 e. The summed E-state index contributed by atoms with van der Waals surface area (Å²) in [5.74, 6) is 0.680. The smallest absolute Gasteiger partial charge is 0.144 e. The van der Waals surface area contributed by atoms with Gasteiger partial charge in [-0.15, -0.1) is 5.10 Å². The van der Waals surface area contributed by atoms with Crippen LogP contribution in [0.5, 0.6) is 5.75 Å². The molecule has 0 aliphatic carbocycles. The minimum atomic E-state index is 0.628. The van der Waals surface area contributed by atoms with E-state index in [2.05, 4.69) is 25.2 Å². The number of tetrazole rings is 1. The van der Waals surface area contributed by atoms with Gasteiger partial charge in [0.1, 0.15) is 17.8 Å². The molecule has 2 aromatic carbocycles. The van der Waals surface area contributed by atoms with E-state index in [1.165, 1.54) is 18.3 Å². The van der Waals surface area contributed by atoms with Crippen LogP contribution in [0.25, 0.3) is 11.4 Å². The molecule has 0 amide bonds. The lowest BCUT2D eigenvalue weighted by molar-refractivity contribution is 0.411. The highest BCUT2D eigenvalue weighted by molar-refractivity contribution is 8.00. The van der Waals surface area contributed by atoms with E-state index in [1.807, 2.05) is 47.2 Å². The average molecular weight is 400 g/mol. The average Bonchev–Trinajstić information content (AvgIpc) is 3.40. The van der Waals surface area contributed by atoms with Gasteiger partial charge in [0.25, 0.3) is 0 Å². The molecule has 1 N–H and O–H groups in total. The van der Waals surface area contributed by atoms with Crippen molar-refractivity contribution in [3.05, 3.63) is 66.5 Å². The normalized spacial score (nSPS) is 10.7. The number of imidazole rings is 1. The van der Waals surface area contributed by atoms with Crippen molar-refractivity contribution in [2.24, 2.45) is 0 Å². The summed E-state index contributed by atoms with van der Waals surface area (Å²) in [6.45, 7) is 0. The third-order valence-electron chi connectivity index (χ3n) is 3.76. The minimum Gasteiger partial charge on any atom is -0.494 e. The second-order valence-corrected chi connectivity index (χ2v) is 6.72. The molecule has 4 rings (SSSR count). The number of aromatic nitrogens is 6. The van der Waals surface area contributed by atoms with Crippen LogP contribution < -0.4 is 9.46 Å². The quantitative estimate of drug-likeness (QED) is 0.495. The fourth-order valence-corrected chi connectivity index (χ4v) is 3.43. The van der Waals surface area contributed by atoms with Crippen LogP contribution in [0.4, 0.5) is 5.69 Å². The fraction of sp³-hybridized carbons (Fsp3) is 0.0588. The van der Waals surface area contributed by atoms with Gasteiger partial charge in [0.05, 0.1) is 24.1 Å². The predicted molar refractivity (Wildman–Crippen MR) is 104 cm³/mol. The van der Waals surface area contributed by atoms with E-state index >= 15 is 0 Å². The maximum absolute atomic E-state index is 6.40. The number of rotatable bonds is 6. The Balaban J connectivity index is 1.52. The molecular weight excluding hydrogens is 386 g/mol. The van der Waals surface area contributed by atoms with Crippen LogP contribution in [-0.2, 0) is 0 Å².